The van der Waals surface area contributed by atoms with Crippen LogP contribution in [0, 0.1) is 6.92 Å². The van der Waals surface area contributed by atoms with E-state index in [2.05, 4.69) is 9.93 Å². The van der Waals surface area contributed by atoms with Crippen LogP contribution in [0.15, 0.2) is 82.8 Å². The number of hydrogen-bond acceptors (Lipinski definition) is 5. The summed E-state index contributed by atoms with van der Waals surface area (Å²) in [6, 6.07) is 22.0. The van der Waals surface area contributed by atoms with Crippen LogP contribution in [0.25, 0.3) is 0 Å². The van der Waals surface area contributed by atoms with E-state index >= 15 is 0 Å². The Kier molecular flexibility index (Phi) is 6.51. The Balaban J connectivity index is 1.62. The molecule has 1 N–H and O–H groups in total. The van der Waals surface area contributed by atoms with E-state index in [-0.39, 0.29) is 10.6 Å². The minimum atomic E-state index is -3.84. The molecule has 0 aliphatic heterocycles. The van der Waals surface area contributed by atoms with E-state index in [1.165, 1.54) is 19.4 Å². The third-order valence-electron chi connectivity index (χ3n) is 4.12. The second-order valence-corrected chi connectivity index (χ2v) is 7.98. The first kappa shape index (κ1) is 20.4. The van der Waals surface area contributed by atoms with E-state index in [4.69, 9.17) is 9.47 Å². The lowest BCUT2D eigenvalue weighted by Crippen LogP contribution is -2.19. The molecule has 6 nitrogen and oxygen atoms in total. The molecular weight excluding hydrogens is 388 g/mol. The van der Waals surface area contributed by atoms with Gasteiger partial charge in [-0.05, 0) is 60.0 Å². The molecule has 0 aliphatic carbocycles. The molecule has 0 saturated carbocycles. The molecule has 3 rings (SSSR count). The third kappa shape index (κ3) is 5.58. The maximum absolute atomic E-state index is 12.5. The number of sulfonamides is 1. The first-order valence-corrected chi connectivity index (χ1v) is 10.4. The number of rotatable bonds is 8. The quantitative estimate of drug-likeness (QED) is 0.451. The molecule has 29 heavy (non-hydrogen) atoms. The average Bonchev–Trinajstić information content (AvgIpc) is 2.74. The maximum atomic E-state index is 12.5. The van der Waals surface area contributed by atoms with Crippen LogP contribution >= 0.6 is 0 Å². The zero-order valence-electron chi connectivity index (χ0n) is 16.2. The number of nitrogens with one attached hydrogen (secondary N) is 1. The van der Waals surface area contributed by atoms with E-state index in [0.29, 0.717) is 6.61 Å². The first-order chi connectivity index (χ1) is 14.0. The van der Waals surface area contributed by atoms with Crippen LogP contribution in [0.5, 0.6) is 11.5 Å². The van der Waals surface area contributed by atoms with Crippen LogP contribution in [0.1, 0.15) is 16.7 Å². The molecule has 0 saturated heterocycles. The first-order valence-electron chi connectivity index (χ1n) is 8.94. The van der Waals surface area contributed by atoms with Gasteiger partial charge in [-0.2, -0.15) is 18.4 Å². The Morgan fingerprint density at radius 1 is 1.00 bits per heavy atom. The van der Waals surface area contributed by atoms with Gasteiger partial charge >= 0.3 is 0 Å². The van der Waals surface area contributed by atoms with E-state index < -0.39 is 10.0 Å². The summed E-state index contributed by atoms with van der Waals surface area (Å²) in [5.74, 6) is 0.981. The summed E-state index contributed by atoms with van der Waals surface area (Å²) in [7, 11) is -2.42. The van der Waals surface area contributed by atoms with Crippen molar-refractivity contribution >= 4 is 16.2 Å². The normalized spacial score (nSPS) is 11.4. The van der Waals surface area contributed by atoms with Gasteiger partial charge in [-0.1, -0.05) is 36.4 Å². The van der Waals surface area contributed by atoms with Crippen LogP contribution in [0.4, 0.5) is 0 Å². The SMILES string of the molecule is COc1ccc(C)cc1S(=O)(=O)N/N=C/c1ccc(OCc2ccccc2)cc1. The van der Waals surface area contributed by atoms with Gasteiger partial charge in [0.25, 0.3) is 10.0 Å². The standard InChI is InChI=1S/C22H22N2O4S/c1-17-8-13-21(27-2)22(14-17)29(25,26)24-23-15-18-9-11-20(12-10-18)28-16-19-6-4-3-5-7-19/h3-15,24H,16H2,1-2H3/b23-15+. The number of methoxy groups -OCH3 is 1. The van der Waals surface area contributed by atoms with Gasteiger partial charge in [-0.15, -0.1) is 0 Å². The van der Waals surface area contributed by atoms with Crippen molar-refractivity contribution in [2.24, 2.45) is 5.10 Å². The van der Waals surface area contributed by atoms with Crippen molar-refractivity contribution in [2.75, 3.05) is 7.11 Å². The molecule has 0 unspecified atom stereocenters. The monoisotopic (exact) mass is 410 g/mol. The zero-order valence-corrected chi connectivity index (χ0v) is 17.0. The van der Waals surface area contributed by atoms with Gasteiger partial charge in [0.15, 0.2) is 0 Å². The molecule has 0 bridgehead atoms. The highest BCUT2D eigenvalue weighted by atomic mass is 32.2. The van der Waals surface area contributed by atoms with Crippen molar-refractivity contribution in [1.82, 2.24) is 4.83 Å². The Morgan fingerprint density at radius 2 is 1.72 bits per heavy atom. The highest BCUT2D eigenvalue weighted by Gasteiger charge is 2.18. The topological polar surface area (TPSA) is 77.0 Å². The molecule has 3 aromatic carbocycles. The minimum absolute atomic E-state index is 0.0433. The Labute approximate surface area is 170 Å². The molecule has 0 heterocycles. The van der Waals surface area contributed by atoms with Crippen molar-refractivity contribution in [3.8, 4) is 11.5 Å². The second kappa shape index (κ2) is 9.25. The van der Waals surface area contributed by atoms with Gasteiger partial charge in [0.2, 0.25) is 0 Å². The van der Waals surface area contributed by atoms with Crippen LogP contribution in [0.3, 0.4) is 0 Å². The predicted molar refractivity (Wildman–Crippen MR) is 113 cm³/mol. The summed E-state index contributed by atoms with van der Waals surface area (Å²) in [6.07, 6.45) is 1.43. The fourth-order valence-electron chi connectivity index (χ4n) is 2.60. The number of hydrazone groups is 1. The lowest BCUT2D eigenvalue weighted by Gasteiger charge is -2.09. The van der Waals surface area contributed by atoms with E-state index in [9.17, 15) is 8.42 Å². The fourth-order valence-corrected chi connectivity index (χ4v) is 3.65. The summed E-state index contributed by atoms with van der Waals surface area (Å²) >= 11 is 0. The molecule has 0 aliphatic rings. The highest BCUT2D eigenvalue weighted by Crippen LogP contribution is 2.24. The largest absolute Gasteiger partial charge is 0.495 e. The summed E-state index contributed by atoms with van der Waals surface area (Å²) in [6.45, 7) is 2.29. The molecule has 3 aromatic rings. The van der Waals surface area contributed by atoms with Gasteiger partial charge < -0.3 is 9.47 Å². The molecule has 0 aromatic heterocycles. The van der Waals surface area contributed by atoms with E-state index in [1.807, 2.05) is 49.4 Å². The van der Waals surface area contributed by atoms with E-state index in [0.717, 1.165) is 22.4 Å². The van der Waals surface area contributed by atoms with Gasteiger partial charge in [0.05, 0.1) is 13.3 Å². The second-order valence-electron chi connectivity index (χ2n) is 6.35. The van der Waals surface area contributed by atoms with Crippen molar-refractivity contribution < 1.29 is 17.9 Å². The number of nitrogens with zero attached hydrogens (tertiary/aromatic N) is 1. The Morgan fingerprint density at radius 3 is 2.41 bits per heavy atom. The summed E-state index contributed by atoms with van der Waals surface area (Å²) in [5, 5.41) is 3.86. The van der Waals surface area contributed by atoms with Crippen molar-refractivity contribution in [3.63, 3.8) is 0 Å². The lowest BCUT2D eigenvalue weighted by atomic mass is 10.2. The van der Waals surface area contributed by atoms with Crippen molar-refractivity contribution in [1.29, 1.82) is 0 Å². The van der Waals surface area contributed by atoms with Gasteiger partial charge in [-0.3, -0.25) is 0 Å². The Bertz CT molecular complexity index is 1080. The minimum Gasteiger partial charge on any atom is -0.495 e. The van der Waals surface area contributed by atoms with Crippen LogP contribution in [-0.2, 0) is 16.6 Å². The van der Waals surface area contributed by atoms with Crippen LogP contribution < -0.4 is 14.3 Å². The summed E-state index contributed by atoms with van der Waals surface area (Å²) in [5.41, 5.74) is 2.62. The van der Waals surface area contributed by atoms with Gasteiger partial charge in [0, 0.05) is 0 Å². The van der Waals surface area contributed by atoms with Gasteiger partial charge in [0.1, 0.15) is 23.0 Å². The number of benzene rings is 3. The highest BCUT2D eigenvalue weighted by molar-refractivity contribution is 7.89. The molecule has 0 fully saturated rings. The van der Waals surface area contributed by atoms with Crippen LogP contribution in [0.2, 0.25) is 0 Å². The maximum Gasteiger partial charge on any atom is 0.280 e. The Hall–Kier alpha value is -3.32. The fraction of sp³-hybridized carbons (Fsp3) is 0.136. The number of ether oxygens (including phenoxy) is 2. The lowest BCUT2D eigenvalue weighted by molar-refractivity contribution is 0.306. The van der Waals surface area contributed by atoms with Crippen LogP contribution in [-0.4, -0.2) is 21.7 Å². The molecule has 0 spiro atoms. The smallest absolute Gasteiger partial charge is 0.280 e. The molecular formula is C22H22N2O4S. The summed E-state index contributed by atoms with van der Waals surface area (Å²) in [4.78, 5) is 2.26. The molecule has 150 valence electrons. The molecule has 0 radical (unpaired) electrons. The molecule has 0 atom stereocenters. The molecule has 0 amide bonds. The van der Waals surface area contributed by atoms with E-state index in [1.54, 1.807) is 24.3 Å². The number of aryl methyl sites for hydroxylation is 1. The number of hydrogen-bond donors (Lipinski definition) is 1. The van der Waals surface area contributed by atoms with Gasteiger partial charge in [-0.25, -0.2) is 0 Å². The summed E-state index contributed by atoms with van der Waals surface area (Å²) < 4.78 is 35.9. The predicted octanol–water partition coefficient (Wildman–Crippen LogP) is 3.90. The van der Waals surface area contributed by atoms with Crippen molar-refractivity contribution in [2.45, 2.75) is 18.4 Å². The third-order valence-corrected chi connectivity index (χ3v) is 5.37. The zero-order chi connectivity index (χ0) is 20.7. The van der Waals surface area contributed by atoms with Crippen molar-refractivity contribution in [3.05, 3.63) is 89.5 Å². The molecule has 7 heteroatoms. The average molecular weight is 410 g/mol.